The van der Waals surface area contributed by atoms with Crippen LogP contribution in [-0.4, -0.2) is 47.8 Å². The second-order valence-corrected chi connectivity index (χ2v) is 6.14. The van der Waals surface area contributed by atoms with Crippen LogP contribution in [-0.2, 0) is 0 Å². The van der Waals surface area contributed by atoms with Crippen LogP contribution in [0.25, 0.3) is 0 Å². The first-order valence-corrected chi connectivity index (χ1v) is 7.85. The molecule has 0 aromatic heterocycles. The van der Waals surface area contributed by atoms with Crippen molar-refractivity contribution in [1.29, 1.82) is 0 Å². The average molecular weight is 254 g/mol. The predicted molar refractivity (Wildman–Crippen MR) is 75.7 cm³/mol. The second kappa shape index (κ2) is 6.36. The van der Waals surface area contributed by atoms with E-state index in [1.807, 2.05) is 0 Å². The van der Waals surface area contributed by atoms with E-state index in [2.05, 4.69) is 24.1 Å². The molecule has 2 fully saturated rings. The van der Waals surface area contributed by atoms with E-state index >= 15 is 0 Å². The van der Waals surface area contributed by atoms with Crippen molar-refractivity contribution in [3.8, 4) is 0 Å². The van der Waals surface area contributed by atoms with Gasteiger partial charge in [-0.1, -0.05) is 20.3 Å². The molecular weight excluding hydrogens is 224 g/mol. The van der Waals surface area contributed by atoms with E-state index in [1.165, 1.54) is 45.1 Å². The third-order valence-electron chi connectivity index (χ3n) is 5.00. The van der Waals surface area contributed by atoms with E-state index in [9.17, 15) is 5.11 Å². The summed E-state index contributed by atoms with van der Waals surface area (Å²) in [6, 6.07) is 0.700. The normalized spacial score (nSPS) is 32.3. The first kappa shape index (κ1) is 14.3. The highest BCUT2D eigenvalue weighted by molar-refractivity contribution is 5.03. The molecule has 0 saturated heterocycles. The standard InChI is InChI=1S/C15H30N2O/c1-3-17(4-2)11-9-13-6-5-10-15(13,12-18)16-14-7-8-14/h13-14,16,18H,3-12H2,1-2H3. The predicted octanol–water partition coefficient (Wildman–Crippen LogP) is 2.00. The van der Waals surface area contributed by atoms with Gasteiger partial charge >= 0.3 is 0 Å². The summed E-state index contributed by atoms with van der Waals surface area (Å²) in [5.41, 5.74) is 0.0499. The topological polar surface area (TPSA) is 35.5 Å². The van der Waals surface area contributed by atoms with Crippen molar-refractivity contribution < 1.29 is 5.11 Å². The largest absolute Gasteiger partial charge is 0.394 e. The quantitative estimate of drug-likeness (QED) is 0.695. The van der Waals surface area contributed by atoms with Gasteiger partial charge in [0.25, 0.3) is 0 Å². The van der Waals surface area contributed by atoms with Gasteiger partial charge in [-0.05, 0) is 57.7 Å². The summed E-state index contributed by atoms with van der Waals surface area (Å²) in [5.74, 6) is 0.670. The maximum Gasteiger partial charge on any atom is 0.0616 e. The third-order valence-corrected chi connectivity index (χ3v) is 5.00. The van der Waals surface area contributed by atoms with E-state index in [0.717, 1.165) is 13.1 Å². The number of nitrogens with one attached hydrogen (secondary N) is 1. The van der Waals surface area contributed by atoms with Gasteiger partial charge in [-0.15, -0.1) is 0 Å². The van der Waals surface area contributed by atoms with Gasteiger partial charge < -0.3 is 15.3 Å². The van der Waals surface area contributed by atoms with Crippen molar-refractivity contribution in [3.63, 3.8) is 0 Å². The van der Waals surface area contributed by atoms with Gasteiger partial charge in [0, 0.05) is 11.6 Å². The van der Waals surface area contributed by atoms with E-state index in [4.69, 9.17) is 0 Å². The maximum absolute atomic E-state index is 9.87. The molecule has 2 saturated carbocycles. The minimum Gasteiger partial charge on any atom is -0.394 e. The Morgan fingerprint density at radius 3 is 2.50 bits per heavy atom. The fraction of sp³-hybridized carbons (Fsp3) is 1.00. The molecule has 2 aliphatic carbocycles. The van der Waals surface area contributed by atoms with Crippen molar-refractivity contribution in [1.82, 2.24) is 10.2 Å². The fourth-order valence-corrected chi connectivity index (χ4v) is 3.52. The average Bonchev–Trinajstić information content (AvgIpc) is 3.11. The van der Waals surface area contributed by atoms with Gasteiger partial charge in [-0.3, -0.25) is 0 Å². The minimum atomic E-state index is 0.0499. The van der Waals surface area contributed by atoms with E-state index < -0.39 is 0 Å². The maximum atomic E-state index is 9.87. The molecule has 0 spiro atoms. The number of hydrogen-bond donors (Lipinski definition) is 2. The van der Waals surface area contributed by atoms with E-state index in [1.54, 1.807) is 0 Å². The second-order valence-electron chi connectivity index (χ2n) is 6.14. The van der Waals surface area contributed by atoms with Crippen molar-refractivity contribution >= 4 is 0 Å². The van der Waals surface area contributed by atoms with Crippen LogP contribution in [0.1, 0.15) is 52.4 Å². The van der Waals surface area contributed by atoms with Crippen molar-refractivity contribution in [3.05, 3.63) is 0 Å². The number of aliphatic hydroxyl groups is 1. The molecule has 18 heavy (non-hydrogen) atoms. The first-order chi connectivity index (χ1) is 8.74. The van der Waals surface area contributed by atoms with E-state index in [-0.39, 0.29) is 5.54 Å². The van der Waals surface area contributed by atoms with Gasteiger partial charge in [-0.25, -0.2) is 0 Å². The molecule has 0 aliphatic heterocycles. The highest BCUT2D eigenvalue weighted by Crippen LogP contribution is 2.40. The zero-order valence-corrected chi connectivity index (χ0v) is 12.1. The zero-order valence-electron chi connectivity index (χ0n) is 12.1. The Morgan fingerprint density at radius 1 is 1.22 bits per heavy atom. The van der Waals surface area contributed by atoms with E-state index in [0.29, 0.717) is 18.6 Å². The molecule has 2 atom stereocenters. The van der Waals surface area contributed by atoms with Crippen LogP contribution in [0.5, 0.6) is 0 Å². The Balaban J connectivity index is 1.88. The van der Waals surface area contributed by atoms with Crippen LogP contribution >= 0.6 is 0 Å². The van der Waals surface area contributed by atoms with Crippen molar-refractivity contribution in [2.24, 2.45) is 5.92 Å². The molecule has 2 rings (SSSR count). The van der Waals surface area contributed by atoms with Gasteiger partial charge in [0.05, 0.1) is 6.61 Å². The lowest BCUT2D eigenvalue weighted by atomic mass is 9.85. The molecular formula is C15H30N2O. The van der Waals surface area contributed by atoms with Crippen LogP contribution < -0.4 is 5.32 Å². The van der Waals surface area contributed by atoms with Crippen LogP contribution in [0.2, 0.25) is 0 Å². The lowest BCUT2D eigenvalue weighted by molar-refractivity contribution is 0.110. The summed E-state index contributed by atoms with van der Waals surface area (Å²) in [7, 11) is 0. The molecule has 0 radical (unpaired) electrons. The molecule has 0 bridgehead atoms. The molecule has 3 nitrogen and oxygen atoms in total. The van der Waals surface area contributed by atoms with Crippen LogP contribution in [0.3, 0.4) is 0 Å². The molecule has 0 aromatic rings. The molecule has 2 N–H and O–H groups in total. The SMILES string of the molecule is CCN(CC)CCC1CCCC1(CO)NC1CC1. The first-order valence-electron chi connectivity index (χ1n) is 7.85. The van der Waals surface area contributed by atoms with Crippen LogP contribution in [0, 0.1) is 5.92 Å². The monoisotopic (exact) mass is 254 g/mol. The highest BCUT2D eigenvalue weighted by atomic mass is 16.3. The summed E-state index contributed by atoms with van der Waals surface area (Å²) in [6.07, 6.45) is 7.60. The number of nitrogens with zero attached hydrogens (tertiary/aromatic N) is 1. The molecule has 0 aromatic carbocycles. The Kier molecular flexibility index (Phi) is 5.05. The molecule has 0 heterocycles. The van der Waals surface area contributed by atoms with Gasteiger partial charge in [-0.2, -0.15) is 0 Å². The Labute approximate surface area is 112 Å². The van der Waals surface area contributed by atoms with Crippen molar-refractivity contribution in [2.75, 3.05) is 26.2 Å². The van der Waals surface area contributed by atoms with Crippen LogP contribution in [0.4, 0.5) is 0 Å². The molecule has 2 aliphatic rings. The highest BCUT2D eigenvalue weighted by Gasteiger charge is 2.44. The lowest BCUT2D eigenvalue weighted by Crippen LogP contribution is -2.53. The summed E-state index contributed by atoms with van der Waals surface area (Å²) >= 11 is 0. The molecule has 0 amide bonds. The van der Waals surface area contributed by atoms with Gasteiger partial charge in [0.2, 0.25) is 0 Å². The zero-order chi connectivity index (χ0) is 13.0. The van der Waals surface area contributed by atoms with Gasteiger partial charge in [0.15, 0.2) is 0 Å². The molecule has 106 valence electrons. The Morgan fingerprint density at radius 2 is 1.94 bits per heavy atom. The third kappa shape index (κ3) is 3.25. The Hall–Kier alpha value is -0.120. The summed E-state index contributed by atoms with van der Waals surface area (Å²) in [4.78, 5) is 2.50. The number of rotatable bonds is 8. The Bertz CT molecular complexity index is 251. The van der Waals surface area contributed by atoms with Gasteiger partial charge in [0.1, 0.15) is 0 Å². The number of hydrogen-bond acceptors (Lipinski definition) is 3. The minimum absolute atomic E-state index is 0.0499. The van der Waals surface area contributed by atoms with Crippen LogP contribution in [0.15, 0.2) is 0 Å². The summed E-state index contributed by atoms with van der Waals surface area (Å²) in [5, 5.41) is 13.6. The smallest absolute Gasteiger partial charge is 0.0616 e. The molecule has 2 unspecified atom stereocenters. The fourth-order valence-electron chi connectivity index (χ4n) is 3.52. The molecule has 3 heteroatoms. The number of aliphatic hydroxyl groups excluding tert-OH is 1. The van der Waals surface area contributed by atoms with Crippen molar-refractivity contribution in [2.45, 2.75) is 64.0 Å². The summed E-state index contributed by atoms with van der Waals surface area (Å²) in [6.45, 7) is 8.27. The summed E-state index contributed by atoms with van der Waals surface area (Å²) < 4.78 is 0. The lowest BCUT2D eigenvalue weighted by Gasteiger charge is -2.36.